The maximum absolute atomic E-state index is 8.71. The molecule has 3 rings (SSSR count). The van der Waals surface area contributed by atoms with Gasteiger partial charge in [0, 0.05) is 49.6 Å². The van der Waals surface area contributed by atoms with Gasteiger partial charge in [-0.25, -0.2) is 9.97 Å². The lowest BCUT2D eigenvalue weighted by Gasteiger charge is -2.35. The van der Waals surface area contributed by atoms with Gasteiger partial charge >= 0.3 is 0 Å². The van der Waals surface area contributed by atoms with E-state index in [1.807, 2.05) is 26.0 Å². The average molecular weight is 411 g/mol. The Morgan fingerprint density at radius 2 is 1.87 bits per heavy atom. The van der Waals surface area contributed by atoms with Crippen molar-refractivity contribution in [1.82, 2.24) is 14.9 Å². The molecular formula is C23H34N6O. The first-order valence-corrected chi connectivity index (χ1v) is 10.8. The number of hydrogen-bond donors (Lipinski definition) is 2. The Bertz CT molecular complexity index is 859. The van der Waals surface area contributed by atoms with Crippen LogP contribution in [0.1, 0.15) is 45.2 Å². The van der Waals surface area contributed by atoms with Gasteiger partial charge < -0.3 is 15.4 Å². The Hall–Kier alpha value is -2.67. The van der Waals surface area contributed by atoms with Crippen LogP contribution in [0.5, 0.6) is 5.88 Å². The third-order valence-corrected chi connectivity index (χ3v) is 5.29. The molecule has 2 aromatic rings. The second-order valence-electron chi connectivity index (χ2n) is 8.57. The smallest absolute Gasteiger partial charge is 0.214 e. The SMILES string of the molecule is CC(C)CCN1CCN(c2cc(C(=N)c3cc(OC(C)C)ncc3N)ccn2)CC1. The number of nitrogen functional groups attached to an aromatic ring is 1. The predicted octanol–water partition coefficient (Wildman–Crippen LogP) is 3.43. The fourth-order valence-corrected chi connectivity index (χ4v) is 3.51. The minimum Gasteiger partial charge on any atom is -0.475 e. The molecule has 2 aromatic heterocycles. The molecule has 1 aliphatic heterocycles. The van der Waals surface area contributed by atoms with Crippen LogP contribution in [-0.4, -0.2) is 59.4 Å². The summed E-state index contributed by atoms with van der Waals surface area (Å²) in [5.41, 5.74) is 8.34. The highest BCUT2D eigenvalue weighted by Gasteiger charge is 2.19. The summed E-state index contributed by atoms with van der Waals surface area (Å²) in [6.07, 6.45) is 4.57. The van der Waals surface area contributed by atoms with Crippen LogP contribution in [-0.2, 0) is 0 Å². The number of ether oxygens (including phenoxy) is 1. The van der Waals surface area contributed by atoms with Crippen LogP contribution in [0.25, 0.3) is 0 Å². The molecule has 1 fully saturated rings. The van der Waals surface area contributed by atoms with Crippen molar-refractivity contribution in [3.8, 4) is 5.88 Å². The Morgan fingerprint density at radius 3 is 2.53 bits per heavy atom. The number of aromatic nitrogens is 2. The third-order valence-electron chi connectivity index (χ3n) is 5.29. The molecule has 3 heterocycles. The zero-order valence-corrected chi connectivity index (χ0v) is 18.6. The van der Waals surface area contributed by atoms with Crippen molar-refractivity contribution in [1.29, 1.82) is 5.41 Å². The molecule has 7 heteroatoms. The number of piperazine rings is 1. The monoisotopic (exact) mass is 410 g/mol. The lowest BCUT2D eigenvalue weighted by molar-refractivity contribution is 0.232. The molecule has 0 atom stereocenters. The van der Waals surface area contributed by atoms with E-state index in [2.05, 4.69) is 33.6 Å². The van der Waals surface area contributed by atoms with Crippen LogP contribution in [0.2, 0.25) is 0 Å². The van der Waals surface area contributed by atoms with Gasteiger partial charge in [0.25, 0.3) is 0 Å². The number of hydrogen-bond acceptors (Lipinski definition) is 7. The first-order valence-electron chi connectivity index (χ1n) is 10.8. The first-order chi connectivity index (χ1) is 14.3. The van der Waals surface area contributed by atoms with Crippen LogP contribution in [0, 0.1) is 11.3 Å². The van der Waals surface area contributed by atoms with Gasteiger partial charge in [-0.05, 0) is 44.9 Å². The van der Waals surface area contributed by atoms with E-state index in [1.165, 1.54) is 6.42 Å². The Kier molecular flexibility index (Phi) is 7.26. The number of rotatable bonds is 8. The molecule has 162 valence electrons. The molecule has 0 aliphatic carbocycles. The minimum absolute atomic E-state index is 0.00916. The maximum Gasteiger partial charge on any atom is 0.214 e. The van der Waals surface area contributed by atoms with E-state index >= 15 is 0 Å². The van der Waals surface area contributed by atoms with E-state index in [9.17, 15) is 0 Å². The average Bonchev–Trinajstić information content (AvgIpc) is 2.73. The number of nitrogens with two attached hydrogens (primary N) is 1. The molecule has 30 heavy (non-hydrogen) atoms. The van der Waals surface area contributed by atoms with Gasteiger partial charge in [-0.2, -0.15) is 0 Å². The summed E-state index contributed by atoms with van der Waals surface area (Å²) in [5, 5.41) is 8.71. The highest BCUT2D eigenvalue weighted by Crippen LogP contribution is 2.23. The van der Waals surface area contributed by atoms with Gasteiger partial charge in [-0.1, -0.05) is 13.8 Å². The molecule has 0 bridgehead atoms. The number of nitrogens with one attached hydrogen (secondary N) is 1. The summed E-state index contributed by atoms with van der Waals surface area (Å²) >= 11 is 0. The molecule has 0 saturated carbocycles. The molecule has 0 amide bonds. The summed E-state index contributed by atoms with van der Waals surface area (Å²) in [4.78, 5) is 13.6. The molecule has 0 unspecified atom stereocenters. The summed E-state index contributed by atoms with van der Waals surface area (Å²) in [5.74, 6) is 2.12. The largest absolute Gasteiger partial charge is 0.475 e. The van der Waals surface area contributed by atoms with E-state index < -0.39 is 0 Å². The second-order valence-corrected chi connectivity index (χ2v) is 8.57. The topological polar surface area (TPSA) is 91.4 Å². The van der Waals surface area contributed by atoms with Gasteiger partial charge in [0.2, 0.25) is 5.88 Å². The van der Waals surface area contributed by atoms with Crippen LogP contribution in [0.15, 0.2) is 30.6 Å². The fourth-order valence-electron chi connectivity index (χ4n) is 3.51. The third kappa shape index (κ3) is 5.69. The predicted molar refractivity (Wildman–Crippen MR) is 123 cm³/mol. The van der Waals surface area contributed by atoms with Crippen LogP contribution in [0.4, 0.5) is 11.5 Å². The van der Waals surface area contributed by atoms with E-state index in [0.717, 1.165) is 50.0 Å². The zero-order valence-electron chi connectivity index (χ0n) is 18.6. The van der Waals surface area contributed by atoms with Crippen LogP contribution in [0.3, 0.4) is 0 Å². The summed E-state index contributed by atoms with van der Waals surface area (Å²) in [6.45, 7) is 13.6. The van der Waals surface area contributed by atoms with Crippen molar-refractivity contribution in [2.45, 2.75) is 40.2 Å². The first kappa shape index (κ1) is 22.0. The van der Waals surface area contributed by atoms with Crippen molar-refractivity contribution < 1.29 is 4.74 Å². The molecule has 3 N–H and O–H groups in total. The quantitative estimate of drug-likeness (QED) is 0.648. The maximum atomic E-state index is 8.71. The van der Waals surface area contributed by atoms with Gasteiger partial charge in [0.05, 0.1) is 23.7 Å². The molecule has 1 aliphatic rings. The number of nitrogens with zero attached hydrogens (tertiary/aromatic N) is 4. The van der Waals surface area contributed by atoms with Crippen molar-refractivity contribution in [3.63, 3.8) is 0 Å². The lowest BCUT2D eigenvalue weighted by atomic mass is 10.0. The van der Waals surface area contributed by atoms with Crippen molar-refractivity contribution in [2.24, 2.45) is 5.92 Å². The Morgan fingerprint density at radius 1 is 1.13 bits per heavy atom. The van der Waals surface area contributed by atoms with Crippen LogP contribution >= 0.6 is 0 Å². The van der Waals surface area contributed by atoms with Gasteiger partial charge in [-0.3, -0.25) is 10.3 Å². The van der Waals surface area contributed by atoms with Crippen molar-refractivity contribution >= 4 is 17.2 Å². The minimum atomic E-state index is 0.00916. The lowest BCUT2D eigenvalue weighted by Crippen LogP contribution is -2.47. The molecule has 0 spiro atoms. The van der Waals surface area contributed by atoms with E-state index in [0.29, 0.717) is 22.8 Å². The molecule has 1 saturated heterocycles. The van der Waals surface area contributed by atoms with Gasteiger partial charge in [0.15, 0.2) is 0 Å². The van der Waals surface area contributed by atoms with E-state index in [-0.39, 0.29) is 6.10 Å². The highest BCUT2D eigenvalue weighted by molar-refractivity contribution is 6.14. The molecular weight excluding hydrogens is 376 g/mol. The zero-order chi connectivity index (χ0) is 21.7. The van der Waals surface area contributed by atoms with Gasteiger partial charge in [-0.15, -0.1) is 0 Å². The normalized spacial score (nSPS) is 15.1. The Balaban J connectivity index is 1.71. The molecule has 0 aromatic carbocycles. The fraction of sp³-hybridized carbons (Fsp3) is 0.522. The van der Waals surface area contributed by atoms with Gasteiger partial charge in [0.1, 0.15) is 5.82 Å². The number of anilines is 2. The van der Waals surface area contributed by atoms with E-state index in [1.54, 1.807) is 18.5 Å². The molecule has 0 radical (unpaired) electrons. The highest BCUT2D eigenvalue weighted by atomic mass is 16.5. The van der Waals surface area contributed by atoms with Crippen LogP contribution < -0.4 is 15.4 Å². The van der Waals surface area contributed by atoms with Crippen molar-refractivity contribution in [3.05, 3.63) is 41.7 Å². The number of pyridine rings is 2. The summed E-state index contributed by atoms with van der Waals surface area (Å²) in [7, 11) is 0. The Labute approximate surface area is 179 Å². The van der Waals surface area contributed by atoms with Crippen molar-refractivity contribution in [2.75, 3.05) is 43.4 Å². The molecule has 7 nitrogen and oxygen atoms in total. The second kappa shape index (κ2) is 9.89. The standard InChI is InChI=1S/C23H34N6O/c1-16(2)6-8-28-9-11-29(12-10-28)21-13-18(5-7-26-21)23(25)19-14-22(30-17(3)4)27-15-20(19)24/h5,7,13-17,25H,6,8-12,24H2,1-4H3. The van der Waals surface area contributed by atoms with E-state index in [4.69, 9.17) is 15.9 Å². The summed E-state index contributed by atoms with van der Waals surface area (Å²) in [6, 6.07) is 5.58. The summed E-state index contributed by atoms with van der Waals surface area (Å²) < 4.78 is 5.67.